The quantitative estimate of drug-likeness (QED) is 0.601. The maximum Gasteiger partial charge on any atom is 0.255 e. The number of likely N-dealkylation sites (tertiary alicyclic amines) is 1. The molecule has 2 amide bonds. The fraction of sp³-hybridized carbons (Fsp3) is 0.500. The second kappa shape index (κ2) is 9.04. The molecule has 9 heteroatoms. The Morgan fingerprint density at radius 2 is 2.17 bits per heavy atom. The van der Waals surface area contributed by atoms with Crippen molar-refractivity contribution in [2.45, 2.75) is 38.8 Å². The monoisotopic (exact) mass is 401 g/mol. The summed E-state index contributed by atoms with van der Waals surface area (Å²) in [5, 5.41) is 12.3. The summed E-state index contributed by atoms with van der Waals surface area (Å²) in [6, 6.07) is -0.344. The van der Waals surface area contributed by atoms with E-state index >= 15 is 0 Å². The fourth-order valence-corrected chi connectivity index (χ4v) is 3.27. The van der Waals surface area contributed by atoms with E-state index < -0.39 is 0 Å². The SMILES string of the molecule is C=CC(=O)N1CCC(Oc2cnc3[nH]cc(C(=O)NC(CO)C(C)C)c3n2)CC1. The molecule has 3 heterocycles. The molecule has 0 saturated carbocycles. The Morgan fingerprint density at radius 1 is 1.45 bits per heavy atom. The molecule has 1 aliphatic rings. The van der Waals surface area contributed by atoms with Crippen molar-refractivity contribution in [3.63, 3.8) is 0 Å². The number of hydrogen-bond acceptors (Lipinski definition) is 6. The summed E-state index contributed by atoms with van der Waals surface area (Å²) < 4.78 is 5.95. The second-order valence-corrected chi connectivity index (χ2v) is 7.46. The van der Waals surface area contributed by atoms with Crippen molar-refractivity contribution in [1.29, 1.82) is 0 Å². The van der Waals surface area contributed by atoms with Gasteiger partial charge in [-0.2, -0.15) is 0 Å². The second-order valence-electron chi connectivity index (χ2n) is 7.46. The zero-order valence-electron chi connectivity index (χ0n) is 16.7. The number of carbonyl (C=O) groups is 2. The van der Waals surface area contributed by atoms with Crippen molar-refractivity contribution < 1.29 is 19.4 Å². The van der Waals surface area contributed by atoms with Crippen LogP contribution in [0.15, 0.2) is 25.0 Å². The number of aliphatic hydroxyl groups is 1. The normalized spacial score (nSPS) is 16.1. The number of nitrogens with one attached hydrogen (secondary N) is 2. The van der Waals surface area contributed by atoms with Gasteiger partial charge in [0.05, 0.1) is 24.4 Å². The number of rotatable bonds is 7. The first-order valence-electron chi connectivity index (χ1n) is 9.76. The maximum absolute atomic E-state index is 12.6. The molecule has 1 atom stereocenters. The molecule has 1 aliphatic heterocycles. The summed E-state index contributed by atoms with van der Waals surface area (Å²) >= 11 is 0. The van der Waals surface area contributed by atoms with E-state index in [1.54, 1.807) is 11.1 Å². The lowest BCUT2D eigenvalue weighted by Gasteiger charge is -2.31. The Labute approximate surface area is 169 Å². The molecular weight excluding hydrogens is 374 g/mol. The number of carbonyl (C=O) groups excluding carboxylic acids is 2. The minimum absolute atomic E-state index is 0.0739. The number of piperidine rings is 1. The van der Waals surface area contributed by atoms with Gasteiger partial charge < -0.3 is 25.0 Å². The lowest BCUT2D eigenvalue weighted by atomic mass is 10.1. The number of H-pyrrole nitrogens is 1. The molecule has 0 aliphatic carbocycles. The summed E-state index contributed by atoms with van der Waals surface area (Å²) in [7, 11) is 0. The highest BCUT2D eigenvalue weighted by Gasteiger charge is 2.24. The standard InChI is InChI=1S/C20H27N5O4/c1-4-17(27)25-7-5-13(6-8-25)29-16-10-22-19-18(24-16)14(9-21-19)20(28)23-15(11-26)12(2)3/h4,9-10,12-13,15,26H,1,5-8,11H2,2-3H3,(H,21,22)(H,23,28). The number of fused-ring (bicyclic) bond motifs is 1. The molecule has 1 saturated heterocycles. The van der Waals surface area contributed by atoms with Gasteiger partial charge in [0.2, 0.25) is 11.8 Å². The zero-order valence-corrected chi connectivity index (χ0v) is 16.7. The van der Waals surface area contributed by atoms with Crippen molar-refractivity contribution >= 4 is 23.0 Å². The van der Waals surface area contributed by atoms with Gasteiger partial charge >= 0.3 is 0 Å². The van der Waals surface area contributed by atoms with Crippen LogP contribution in [-0.2, 0) is 4.79 Å². The third-order valence-electron chi connectivity index (χ3n) is 5.14. The van der Waals surface area contributed by atoms with Crippen molar-refractivity contribution in [1.82, 2.24) is 25.2 Å². The minimum atomic E-state index is -0.344. The summed E-state index contributed by atoms with van der Waals surface area (Å²) in [4.78, 5) is 37.7. The van der Waals surface area contributed by atoms with Gasteiger partial charge in [0.1, 0.15) is 11.6 Å². The highest BCUT2D eigenvalue weighted by molar-refractivity contribution is 6.04. The van der Waals surface area contributed by atoms with Crippen LogP contribution in [0.4, 0.5) is 0 Å². The van der Waals surface area contributed by atoms with Gasteiger partial charge in [-0.25, -0.2) is 9.97 Å². The van der Waals surface area contributed by atoms with E-state index in [1.165, 1.54) is 12.3 Å². The molecule has 2 aromatic rings. The fourth-order valence-electron chi connectivity index (χ4n) is 3.27. The van der Waals surface area contributed by atoms with E-state index in [4.69, 9.17) is 4.74 Å². The molecule has 3 rings (SSSR count). The topological polar surface area (TPSA) is 120 Å². The summed E-state index contributed by atoms with van der Waals surface area (Å²) in [6.45, 7) is 8.42. The number of nitrogens with zero attached hydrogens (tertiary/aromatic N) is 3. The first-order valence-corrected chi connectivity index (χ1v) is 9.76. The van der Waals surface area contributed by atoms with Crippen molar-refractivity contribution in [3.05, 3.63) is 30.6 Å². The summed E-state index contributed by atoms with van der Waals surface area (Å²) in [5.74, 6) is 0.0297. The highest BCUT2D eigenvalue weighted by atomic mass is 16.5. The maximum atomic E-state index is 12.6. The predicted octanol–water partition coefficient (Wildman–Crippen LogP) is 1.26. The average molecular weight is 401 g/mol. The van der Waals surface area contributed by atoms with E-state index in [-0.39, 0.29) is 36.5 Å². The van der Waals surface area contributed by atoms with E-state index in [2.05, 4.69) is 26.8 Å². The van der Waals surface area contributed by atoms with E-state index in [0.717, 1.165) is 0 Å². The number of hydrogen-bond donors (Lipinski definition) is 3. The van der Waals surface area contributed by atoms with E-state index in [0.29, 0.717) is 48.5 Å². The number of ether oxygens (including phenoxy) is 1. The van der Waals surface area contributed by atoms with Crippen LogP contribution in [0, 0.1) is 5.92 Å². The summed E-state index contributed by atoms with van der Waals surface area (Å²) in [6.07, 6.45) is 5.69. The number of amides is 2. The summed E-state index contributed by atoms with van der Waals surface area (Å²) in [5.41, 5.74) is 1.25. The molecule has 156 valence electrons. The molecule has 0 aromatic carbocycles. The van der Waals surface area contributed by atoms with Gasteiger partial charge in [0, 0.05) is 32.1 Å². The zero-order chi connectivity index (χ0) is 21.0. The Hall–Kier alpha value is -2.94. The van der Waals surface area contributed by atoms with E-state index in [1.807, 2.05) is 13.8 Å². The molecule has 2 aromatic heterocycles. The third-order valence-corrected chi connectivity index (χ3v) is 5.14. The first kappa shape index (κ1) is 20.8. The smallest absolute Gasteiger partial charge is 0.255 e. The van der Waals surface area contributed by atoms with Crippen LogP contribution < -0.4 is 10.1 Å². The van der Waals surface area contributed by atoms with Crippen LogP contribution in [0.25, 0.3) is 11.2 Å². The van der Waals surface area contributed by atoms with Crippen molar-refractivity contribution in [2.24, 2.45) is 5.92 Å². The molecule has 9 nitrogen and oxygen atoms in total. The number of aliphatic hydroxyl groups excluding tert-OH is 1. The molecule has 1 unspecified atom stereocenters. The van der Waals surface area contributed by atoms with Crippen LogP contribution in [0.2, 0.25) is 0 Å². The van der Waals surface area contributed by atoms with Gasteiger partial charge in [0.15, 0.2) is 5.65 Å². The molecule has 0 bridgehead atoms. The van der Waals surface area contributed by atoms with Gasteiger partial charge in [-0.15, -0.1) is 0 Å². The Kier molecular flexibility index (Phi) is 6.48. The van der Waals surface area contributed by atoms with Crippen LogP contribution >= 0.6 is 0 Å². The van der Waals surface area contributed by atoms with Crippen LogP contribution in [-0.4, -0.2) is 68.6 Å². The molecular formula is C20H27N5O4. The lowest BCUT2D eigenvalue weighted by Crippen LogP contribution is -2.41. The van der Waals surface area contributed by atoms with Crippen LogP contribution in [0.1, 0.15) is 37.0 Å². The van der Waals surface area contributed by atoms with Gasteiger partial charge in [-0.3, -0.25) is 9.59 Å². The molecule has 3 N–H and O–H groups in total. The van der Waals surface area contributed by atoms with Crippen LogP contribution in [0.3, 0.4) is 0 Å². The minimum Gasteiger partial charge on any atom is -0.473 e. The van der Waals surface area contributed by atoms with Gasteiger partial charge in [0.25, 0.3) is 5.91 Å². The van der Waals surface area contributed by atoms with Gasteiger partial charge in [-0.1, -0.05) is 20.4 Å². The first-order chi connectivity index (χ1) is 13.9. The molecule has 1 fully saturated rings. The molecule has 0 spiro atoms. The van der Waals surface area contributed by atoms with Crippen LogP contribution in [0.5, 0.6) is 5.88 Å². The van der Waals surface area contributed by atoms with E-state index in [9.17, 15) is 14.7 Å². The largest absolute Gasteiger partial charge is 0.473 e. The Morgan fingerprint density at radius 3 is 2.79 bits per heavy atom. The number of aromatic amines is 1. The Balaban J connectivity index is 1.70. The van der Waals surface area contributed by atoms with Crippen molar-refractivity contribution in [3.8, 4) is 5.88 Å². The molecule has 0 radical (unpaired) electrons. The third kappa shape index (κ3) is 4.73. The lowest BCUT2D eigenvalue weighted by molar-refractivity contribution is -0.127. The highest BCUT2D eigenvalue weighted by Crippen LogP contribution is 2.21. The predicted molar refractivity (Wildman–Crippen MR) is 107 cm³/mol. The van der Waals surface area contributed by atoms with Crippen molar-refractivity contribution in [2.75, 3.05) is 19.7 Å². The Bertz CT molecular complexity index is 886. The average Bonchev–Trinajstić information content (AvgIpc) is 3.15. The molecule has 29 heavy (non-hydrogen) atoms. The number of aromatic nitrogens is 3. The van der Waals surface area contributed by atoms with Gasteiger partial charge in [-0.05, 0) is 12.0 Å².